The van der Waals surface area contributed by atoms with Crippen molar-refractivity contribution in [1.29, 1.82) is 0 Å². The Labute approximate surface area is 106 Å². The molecule has 0 unspecified atom stereocenters. The molecule has 93 valence electrons. The van der Waals surface area contributed by atoms with Gasteiger partial charge in [0.05, 0.1) is 0 Å². The van der Waals surface area contributed by atoms with E-state index in [-0.39, 0.29) is 10.8 Å². The molecule has 0 bridgehead atoms. The van der Waals surface area contributed by atoms with Crippen molar-refractivity contribution >= 4 is 0 Å². The Bertz CT molecular complexity index is 409. The average molecular weight is 229 g/mol. The summed E-state index contributed by atoms with van der Waals surface area (Å²) in [6.45, 7) is 13.7. The average Bonchev–Trinajstić information content (AvgIpc) is 2.97. The first-order valence-electron chi connectivity index (χ1n) is 6.77. The summed E-state index contributed by atoms with van der Waals surface area (Å²) in [4.78, 5) is 0. The SMILES string of the molecule is CC(C)(C)c1[c]c(C(C)(C)C)c(C2CC2)cc1. The summed E-state index contributed by atoms with van der Waals surface area (Å²) in [5.41, 5.74) is 4.73. The van der Waals surface area contributed by atoms with Crippen molar-refractivity contribution in [3.05, 3.63) is 34.9 Å². The standard InChI is InChI=1S/C17H25/c1-16(2,3)13-9-10-14(12-7-8-12)15(11-13)17(4,5)6/h9-10,12H,7-8H2,1-6H3. The Morgan fingerprint density at radius 2 is 1.53 bits per heavy atom. The third-order valence-corrected chi connectivity index (χ3v) is 3.55. The third kappa shape index (κ3) is 2.73. The first-order chi connectivity index (χ1) is 7.69. The van der Waals surface area contributed by atoms with E-state index in [9.17, 15) is 0 Å². The second-order valence-corrected chi connectivity index (χ2v) is 7.48. The van der Waals surface area contributed by atoms with Crippen LogP contribution in [0.2, 0.25) is 0 Å². The molecule has 1 aliphatic carbocycles. The molecule has 2 rings (SSSR count). The number of hydrogen-bond donors (Lipinski definition) is 0. The first-order valence-corrected chi connectivity index (χ1v) is 6.77. The van der Waals surface area contributed by atoms with E-state index in [0.29, 0.717) is 0 Å². The van der Waals surface area contributed by atoms with Gasteiger partial charge < -0.3 is 0 Å². The zero-order valence-electron chi connectivity index (χ0n) is 12.1. The monoisotopic (exact) mass is 229 g/mol. The minimum Gasteiger partial charge on any atom is -0.0581 e. The van der Waals surface area contributed by atoms with Crippen molar-refractivity contribution < 1.29 is 0 Å². The molecule has 1 radical (unpaired) electrons. The van der Waals surface area contributed by atoms with Crippen molar-refractivity contribution in [3.8, 4) is 0 Å². The smallest absolute Gasteiger partial charge is 0.0100 e. The minimum atomic E-state index is 0.197. The summed E-state index contributed by atoms with van der Waals surface area (Å²) in [5.74, 6) is 0.814. The van der Waals surface area contributed by atoms with Gasteiger partial charge in [-0.05, 0) is 52.3 Å². The first kappa shape index (κ1) is 12.7. The summed E-state index contributed by atoms with van der Waals surface area (Å²) >= 11 is 0. The maximum absolute atomic E-state index is 3.71. The van der Waals surface area contributed by atoms with Gasteiger partial charge in [-0.1, -0.05) is 53.7 Å². The highest BCUT2D eigenvalue weighted by atomic mass is 14.3. The van der Waals surface area contributed by atoms with Gasteiger partial charge in [0.25, 0.3) is 0 Å². The molecule has 0 spiro atoms. The van der Waals surface area contributed by atoms with Gasteiger partial charge >= 0.3 is 0 Å². The van der Waals surface area contributed by atoms with E-state index in [0.717, 1.165) is 5.92 Å². The Balaban J connectivity index is 2.50. The number of rotatable bonds is 1. The van der Waals surface area contributed by atoms with Crippen molar-refractivity contribution in [2.75, 3.05) is 0 Å². The van der Waals surface area contributed by atoms with Gasteiger partial charge in [0.2, 0.25) is 0 Å². The van der Waals surface area contributed by atoms with Crippen LogP contribution in [-0.2, 0) is 10.8 Å². The normalized spacial score (nSPS) is 17.3. The fourth-order valence-electron chi connectivity index (χ4n) is 2.30. The van der Waals surface area contributed by atoms with Crippen LogP contribution in [0.3, 0.4) is 0 Å². The Hall–Kier alpha value is -0.780. The molecule has 1 aliphatic rings. The fraction of sp³-hybridized carbons (Fsp3) is 0.647. The third-order valence-electron chi connectivity index (χ3n) is 3.55. The Morgan fingerprint density at radius 3 is 1.94 bits per heavy atom. The van der Waals surface area contributed by atoms with E-state index in [1.807, 2.05) is 0 Å². The molecular weight excluding hydrogens is 204 g/mol. The van der Waals surface area contributed by atoms with Crippen molar-refractivity contribution in [2.24, 2.45) is 0 Å². The number of hydrogen-bond acceptors (Lipinski definition) is 0. The lowest BCUT2D eigenvalue weighted by Gasteiger charge is -2.27. The molecule has 0 heteroatoms. The molecule has 0 N–H and O–H groups in total. The maximum atomic E-state index is 3.71. The molecule has 0 heterocycles. The van der Waals surface area contributed by atoms with Crippen LogP contribution in [0.4, 0.5) is 0 Å². The van der Waals surface area contributed by atoms with Gasteiger partial charge in [-0.25, -0.2) is 0 Å². The van der Waals surface area contributed by atoms with Crippen LogP contribution < -0.4 is 0 Å². The lowest BCUT2D eigenvalue weighted by atomic mass is 9.77. The molecule has 0 saturated heterocycles. The van der Waals surface area contributed by atoms with Gasteiger partial charge in [-0.15, -0.1) is 0 Å². The van der Waals surface area contributed by atoms with Gasteiger partial charge in [0.1, 0.15) is 0 Å². The fourth-order valence-corrected chi connectivity index (χ4v) is 2.30. The predicted molar refractivity (Wildman–Crippen MR) is 74.7 cm³/mol. The second kappa shape index (κ2) is 3.86. The largest absolute Gasteiger partial charge is 0.0581 e. The van der Waals surface area contributed by atoms with E-state index in [4.69, 9.17) is 0 Å². The molecule has 17 heavy (non-hydrogen) atoms. The quantitative estimate of drug-likeness (QED) is 0.638. The van der Waals surface area contributed by atoms with Crippen molar-refractivity contribution in [2.45, 2.75) is 71.1 Å². The van der Waals surface area contributed by atoms with Gasteiger partial charge in [0, 0.05) is 0 Å². The van der Waals surface area contributed by atoms with Crippen LogP contribution in [0.25, 0.3) is 0 Å². The second-order valence-electron chi connectivity index (χ2n) is 7.48. The summed E-state index contributed by atoms with van der Waals surface area (Å²) in [7, 11) is 0. The molecule has 0 aromatic heterocycles. The van der Waals surface area contributed by atoms with Crippen LogP contribution >= 0.6 is 0 Å². The molecule has 1 aromatic rings. The van der Waals surface area contributed by atoms with Gasteiger partial charge in [0.15, 0.2) is 0 Å². The van der Waals surface area contributed by atoms with E-state index in [2.05, 4.69) is 59.7 Å². The maximum Gasteiger partial charge on any atom is -0.0100 e. The number of benzene rings is 1. The molecule has 1 aromatic carbocycles. The lowest BCUT2D eigenvalue weighted by Crippen LogP contribution is -2.18. The molecule has 1 fully saturated rings. The van der Waals surface area contributed by atoms with Crippen molar-refractivity contribution in [1.82, 2.24) is 0 Å². The summed E-state index contributed by atoms with van der Waals surface area (Å²) in [6, 6.07) is 8.35. The predicted octanol–water partition coefficient (Wildman–Crippen LogP) is 4.96. The van der Waals surface area contributed by atoms with E-state index in [1.165, 1.54) is 24.0 Å². The summed E-state index contributed by atoms with van der Waals surface area (Å²) in [5, 5.41) is 0. The summed E-state index contributed by atoms with van der Waals surface area (Å²) < 4.78 is 0. The van der Waals surface area contributed by atoms with E-state index < -0.39 is 0 Å². The molecule has 0 nitrogen and oxygen atoms in total. The molecular formula is C17H25. The highest BCUT2D eigenvalue weighted by Gasteiger charge is 2.30. The zero-order valence-corrected chi connectivity index (χ0v) is 12.1. The molecule has 1 saturated carbocycles. The van der Waals surface area contributed by atoms with E-state index >= 15 is 0 Å². The Morgan fingerprint density at radius 1 is 0.941 bits per heavy atom. The van der Waals surface area contributed by atoms with Crippen LogP contribution in [0.5, 0.6) is 0 Å². The molecule has 0 amide bonds. The zero-order chi connectivity index (χ0) is 12.8. The van der Waals surface area contributed by atoms with Gasteiger partial charge in [-0.3, -0.25) is 0 Å². The molecule has 0 atom stereocenters. The van der Waals surface area contributed by atoms with Crippen LogP contribution in [0, 0.1) is 6.07 Å². The highest BCUT2D eigenvalue weighted by molar-refractivity contribution is 5.41. The van der Waals surface area contributed by atoms with Crippen LogP contribution in [0.1, 0.15) is 77.0 Å². The highest BCUT2D eigenvalue weighted by Crippen LogP contribution is 2.45. The summed E-state index contributed by atoms with van der Waals surface area (Å²) in [6.07, 6.45) is 2.73. The molecule has 0 aliphatic heterocycles. The minimum absolute atomic E-state index is 0.197. The Kier molecular flexibility index (Phi) is 2.88. The van der Waals surface area contributed by atoms with Crippen LogP contribution in [0.15, 0.2) is 12.1 Å². The van der Waals surface area contributed by atoms with Crippen molar-refractivity contribution in [3.63, 3.8) is 0 Å². The van der Waals surface area contributed by atoms with E-state index in [1.54, 1.807) is 5.56 Å². The van der Waals surface area contributed by atoms with Crippen LogP contribution in [-0.4, -0.2) is 0 Å². The van der Waals surface area contributed by atoms with Gasteiger partial charge in [-0.2, -0.15) is 0 Å². The lowest BCUT2D eigenvalue weighted by molar-refractivity contribution is 0.561. The topological polar surface area (TPSA) is 0 Å².